The standard InChI is InChI=1S/C20H22N4OS2/c1-4-10-24-19(16-8-5-7-14(2)12-16)22-23-20(24)27-13-18(25)21-15(3)17-9-6-11-26-17/h4-9,11-12,15H,1,10,13H2,2-3H3,(H,21,25). The number of aryl methyl sites for hydroxylation is 1. The highest BCUT2D eigenvalue weighted by atomic mass is 32.2. The Morgan fingerprint density at radius 3 is 2.93 bits per heavy atom. The molecule has 1 amide bonds. The molecule has 0 spiro atoms. The lowest BCUT2D eigenvalue weighted by Gasteiger charge is -2.12. The molecule has 1 atom stereocenters. The fourth-order valence-electron chi connectivity index (χ4n) is 2.71. The first kappa shape index (κ1) is 19.4. The van der Waals surface area contributed by atoms with Gasteiger partial charge in [-0.1, -0.05) is 47.7 Å². The minimum atomic E-state index is -0.0221. The summed E-state index contributed by atoms with van der Waals surface area (Å²) in [6.45, 7) is 8.46. The number of benzene rings is 1. The molecule has 5 nitrogen and oxygen atoms in total. The van der Waals surface area contributed by atoms with Gasteiger partial charge in [0.05, 0.1) is 11.8 Å². The number of hydrogen-bond donors (Lipinski definition) is 1. The van der Waals surface area contributed by atoms with E-state index < -0.39 is 0 Å². The molecule has 2 aromatic heterocycles. The lowest BCUT2D eigenvalue weighted by molar-refractivity contribution is -0.119. The van der Waals surface area contributed by atoms with Gasteiger partial charge in [-0.2, -0.15) is 0 Å². The zero-order chi connectivity index (χ0) is 19.2. The molecule has 2 heterocycles. The first-order valence-electron chi connectivity index (χ1n) is 8.65. The average Bonchev–Trinajstić information content (AvgIpc) is 3.31. The second-order valence-corrected chi connectivity index (χ2v) is 8.09. The molecule has 140 valence electrons. The molecule has 3 aromatic rings. The third kappa shape index (κ3) is 4.87. The largest absolute Gasteiger partial charge is 0.348 e. The molecule has 27 heavy (non-hydrogen) atoms. The van der Waals surface area contributed by atoms with Crippen molar-refractivity contribution in [3.05, 3.63) is 64.9 Å². The van der Waals surface area contributed by atoms with E-state index in [1.165, 1.54) is 11.8 Å². The number of allylic oxidation sites excluding steroid dienone is 1. The predicted octanol–water partition coefficient (Wildman–Crippen LogP) is 4.47. The van der Waals surface area contributed by atoms with Crippen molar-refractivity contribution in [2.45, 2.75) is 31.6 Å². The van der Waals surface area contributed by atoms with Crippen LogP contribution in [0.1, 0.15) is 23.4 Å². The zero-order valence-corrected chi connectivity index (χ0v) is 17.0. The van der Waals surface area contributed by atoms with E-state index in [2.05, 4.69) is 28.2 Å². The summed E-state index contributed by atoms with van der Waals surface area (Å²) in [6, 6.07) is 12.2. The van der Waals surface area contributed by atoms with E-state index in [0.29, 0.717) is 17.5 Å². The fraction of sp³-hybridized carbons (Fsp3) is 0.250. The molecule has 0 bridgehead atoms. The van der Waals surface area contributed by atoms with Crippen LogP contribution in [0.5, 0.6) is 0 Å². The van der Waals surface area contributed by atoms with Crippen LogP contribution < -0.4 is 5.32 Å². The van der Waals surface area contributed by atoms with Crippen LogP contribution in [0.3, 0.4) is 0 Å². The normalized spacial score (nSPS) is 11.9. The smallest absolute Gasteiger partial charge is 0.230 e. The zero-order valence-electron chi connectivity index (χ0n) is 15.4. The third-order valence-electron chi connectivity index (χ3n) is 3.98. The molecule has 0 saturated heterocycles. The number of aromatic nitrogens is 3. The highest BCUT2D eigenvalue weighted by Gasteiger charge is 2.16. The molecule has 0 aliphatic rings. The van der Waals surface area contributed by atoms with Crippen LogP contribution in [0.2, 0.25) is 0 Å². The lowest BCUT2D eigenvalue weighted by Crippen LogP contribution is -2.27. The molecule has 1 unspecified atom stereocenters. The topological polar surface area (TPSA) is 59.8 Å². The van der Waals surface area contributed by atoms with Crippen molar-refractivity contribution in [1.29, 1.82) is 0 Å². The van der Waals surface area contributed by atoms with Crippen molar-refractivity contribution in [2.24, 2.45) is 0 Å². The first-order valence-corrected chi connectivity index (χ1v) is 10.5. The van der Waals surface area contributed by atoms with E-state index in [-0.39, 0.29) is 11.9 Å². The average molecular weight is 399 g/mol. The van der Waals surface area contributed by atoms with Crippen molar-refractivity contribution in [2.75, 3.05) is 5.75 Å². The number of nitrogens with zero attached hydrogens (tertiary/aromatic N) is 3. The molecule has 0 aliphatic carbocycles. The van der Waals surface area contributed by atoms with E-state index in [9.17, 15) is 4.79 Å². The number of amides is 1. The molecular weight excluding hydrogens is 376 g/mol. The Morgan fingerprint density at radius 1 is 1.37 bits per heavy atom. The van der Waals surface area contributed by atoms with Crippen molar-refractivity contribution in [3.63, 3.8) is 0 Å². The molecule has 7 heteroatoms. The van der Waals surface area contributed by atoms with Crippen molar-refractivity contribution in [3.8, 4) is 11.4 Å². The van der Waals surface area contributed by atoms with Gasteiger partial charge in [-0.15, -0.1) is 28.1 Å². The van der Waals surface area contributed by atoms with Crippen molar-refractivity contribution < 1.29 is 4.79 Å². The minimum absolute atomic E-state index is 0.00648. The van der Waals surface area contributed by atoms with E-state index in [4.69, 9.17) is 0 Å². The van der Waals surface area contributed by atoms with Gasteiger partial charge in [0.1, 0.15) is 0 Å². The Bertz CT molecular complexity index is 918. The Hall–Kier alpha value is -2.38. The van der Waals surface area contributed by atoms with E-state index in [1.54, 1.807) is 11.3 Å². The second-order valence-electron chi connectivity index (χ2n) is 6.17. The highest BCUT2D eigenvalue weighted by Crippen LogP contribution is 2.25. The van der Waals surface area contributed by atoms with Gasteiger partial charge in [-0.3, -0.25) is 9.36 Å². The van der Waals surface area contributed by atoms with Crippen LogP contribution in [-0.4, -0.2) is 26.4 Å². The first-order chi connectivity index (χ1) is 13.1. The molecule has 1 N–H and O–H groups in total. The number of rotatable bonds is 8. The maximum atomic E-state index is 12.3. The summed E-state index contributed by atoms with van der Waals surface area (Å²) in [5, 5.41) is 14.4. The quantitative estimate of drug-likeness (QED) is 0.449. The van der Waals surface area contributed by atoms with Crippen LogP contribution in [0, 0.1) is 6.92 Å². The minimum Gasteiger partial charge on any atom is -0.348 e. The van der Waals surface area contributed by atoms with Crippen LogP contribution in [0.25, 0.3) is 11.4 Å². The molecule has 1 aromatic carbocycles. The van der Waals surface area contributed by atoms with Crippen molar-refractivity contribution >= 4 is 29.0 Å². The number of thiophene rings is 1. The summed E-state index contributed by atoms with van der Waals surface area (Å²) >= 11 is 3.03. The number of nitrogens with one attached hydrogen (secondary N) is 1. The van der Waals surface area contributed by atoms with Gasteiger partial charge in [-0.05, 0) is 31.4 Å². The number of thioether (sulfide) groups is 1. The molecule has 0 aliphatic heterocycles. The SMILES string of the molecule is C=CCn1c(SCC(=O)NC(C)c2cccs2)nnc1-c1cccc(C)c1. The van der Waals surface area contributed by atoms with E-state index >= 15 is 0 Å². The summed E-state index contributed by atoms with van der Waals surface area (Å²) in [5.74, 6) is 1.05. The maximum absolute atomic E-state index is 12.3. The summed E-state index contributed by atoms with van der Waals surface area (Å²) in [4.78, 5) is 13.5. The summed E-state index contributed by atoms with van der Waals surface area (Å²) in [5.41, 5.74) is 2.17. The van der Waals surface area contributed by atoms with Gasteiger partial charge in [0, 0.05) is 17.0 Å². The summed E-state index contributed by atoms with van der Waals surface area (Å²) < 4.78 is 1.99. The number of carbonyl (C=O) groups is 1. The summed E-state index contributed by atoms with van der Waals surface area (Å²) in [7, 11) is 0. The van der Waals surface area contributed by atoms with Gasteiger partial charge in [0.15, 0.2) is 11.0 Å². The maximum Gasteiger partial charge on any atom is 0.230 e. The van der Waals surface area contributed by atoms with Crippen LogP contribution >= 0.6 is 23.1 Å². The second kappa shape index (κ2) is 9.01. The molecular formula is C20H22N4OS2. The Kier molecular flexibility index (Phi) is 6.47. The Morgan fingerprint density at radius 2 is 2.22 bits per heavy atom. The number of carbonyl (C=O) groups excluding carboxylic acids is 1. The highest BCUT2D eigenvalue weighted by molar-refractivity contribution is 7.99. The van der Waals surface area contributed by atoms with Gasteiger partial charge in [-0.25, -0.2) is 0 Å². The van der Waals surface area contributed by atoms with Crippen molar-refractivity contribution in [1.82, 2.24) is 20.1 Å². The predicted molar refractivity (Wildman–Crippen MR) is 112 cm³/mol. The van der Waals surface area contributed by atoms with Gasteiger partial charge >= 0.3 is 0 Å². The Labute approximate surface area is 167 Å². The van der Waals surface area contributed by atoms with Gasteiger partial charge < -0.3 is 5.32 Å². The van der Waals surface area contributed by atoms with Gasteiger partial charge in [0.2, 0.25) is 5.91 Å². The molecule has 0 saturated carbocycles. The molecule has 0 fully saturated rings. The third-order valence-corrected chi connectivity index (χ3v) is 6.01. The summed E-state index contributed by atoms with van der Waals surface area (Å²) in [6.07, 6.45) is 1.81. The van der Waals surface area contributed by atoms with E-state index in [1.807, 2.05) is 60.2 Å². The molecule has 3 rings (SSSR count). The Balaban J connectivity index is 1.69. The monoisotopic (exact) mass is 398 g/mol. The van der Waals surface area contributed by atoms with Crippen LogP contribution in [0.4, 0.5) is 0 Å². The lowest BCUT2D eigenvalue weighted by atomic mass is 10.1. The van der Waals surface area contributed by atoms with E-state index in [0.717, 1.165) is 21.8 Å². The van der Waals surface area contributed by atoms with Gasteiger partial charge in [0.25, 0.3) is 0 Å². The molecule has 0 radical (unpaired) electrons. The number of hydrogen-bond acceptors (Lipinski definition) is 5. The van der Waals surface area contributed by atoms with Crippen LogP contribution in [0.15, 0.2) is 59.6 Å². The fourth-order valence-corrected chi connectivity index (χ4v) is 4.20. The van der Waals surface area contributed by atoms with Crippen LogP contribution in [-0.2, 0) is 11.3 Å².